The molecule has 0 bridgehead atoms. The van der Waals surface area contributed by atoms with Crippen molar-refractivity contribution in [3.8, 4) is 0 Å². The molecule has 0 unspecified atom stereocenters. The first-order valence-electron chi connectivity index (χ1n) is 5.93. The van der Waals surface area contributed by atoms with E-state index in [1.165, 1.54) is 24.0 Å². The quantitative estimate of drug-likeness (QED) is 0.860. The first-order chi connectivity index (χ1) is 8.08. The number of benzene rings is 1. The number of nitrogens with zero attached hydrogens (tertiary/aromatic N) is 1. The molecule has 0 amide bonds. The number of nitrogen functional groups attached to an aromatic ring is 1. The Kier molecular flexibility index (Phi) is 2.40. The molecule has 1 aromatic heterocycles. The van der Waals surface area contributed by atoms with E-state index in [0.717, 1.165) is 26.8 Å². The molecular weight excluding hydrogens is 276 g/mol. The Bertz CT molecular complexity index is 615. The topological polar surface area (TPSA) is 38.9 Å². The van der Waals surface area contributed by atoms with E-state index < -0.39 is 0 Å². The number of halogens is 1. The van der Waals surface area contributed by atoms with E-state index >= 15 is 0 Å². The van der Waals surface area contributed by atoms with Crippen molar-refractivity contribution >= 4 is 32.5 Å². The number of hydrogen-bond acceptors (Lipinski definition) is 2. The van der Waals surface area contributed by atoms with Gasteiger partial charge in [-0.2, -0.15) is 0 Å². The molecule has 88 valence electrons. The van der Waals surface area contributed by atoms with Crippen molar-refractivity contribution < 1.29 is 0 Å². The van der Waals surface area contributed by atoms with Gasteiger partial charge < -0.3 is 5.73 Å². The standard InChI is InChI=1S/C14H15BrN2/c1-7-5-12-13(8(2)14(7)15)10(16)6-11(17-12)9-3-4-9/h5-6,9H,3-4H2,1-2H3,(H2,16,17). The lowest BCUT2D eigenvalue weighted by atomic mass is 10.0. The number of anilines is 1. The fourth-order valence-electron chi connectivity index (χ4n) is 2.38. The molecule has 0 radical (unpaired) electrons. The van der Waals surface area contributed by atoms with Gasteiger partial charge in [0.25, 0.3) is 0 Å². The first kappa shape index (κ1) is 11.0. The summed E-state index contributed by atoms with van der Waals surface area (Å²) >= 11 is 3.61. The van der Waals surface area contributed by atoms with Gasteiger partial charge in [0.1, 0.15) is 0 Å². The third-order valence-corrected chi connectivity index (χ3v) is 4.72. The fraction of sp³-hybridized carbons (Fsp3) is 0.357. The summed E-state index contributed by atoms with van der Waals surface area (Å²) < 4.78 is 1.14. The molecule has 1 aromatic carbocycles. The van der Waals surface area contributed by atoms with Gasteiger partial charge in [-0.05, 0) is 49.9 Å². The van der Waals surface area contributed by atoms with Crippen LogP contribution in [0.15, 0.2) is 16.6 Å². The lowest BCUT2D eigenvalue weighted by Gasteiger charge is -2.11. The van der Waals surface area contributed by atoms with Gasteiger partial charge in [-0.3, -0.25) is 4.98 Å². The van der Waals surface area contributed by atoms with E-state index in [0.29, 0.717) is 5.92 Å². The molecule has 0 spiro atoms. The Morgan fingerprint density at radius 2 is 2.00 bits per heavy atom. The number of aromatic nitrogens is 1. The van der Waals surface area contributed by atoms with E-state index in [-0.39, 0.29) is 0 Å². The van der Waals surface area contributed by atoms with Crippen LogP contribution in [-0.2, 0) is 0 Å². The van der Waals surface area contributed by atoms with E-state index in [2.05, 4.69) is 41.9 Å². The molecule has 2 nitrogen and oxygen atoms in total. The molecular formula is C14H15BrN2. The minimum absolute atomic E-state index is 0.644. The van der Waals surface area contributed by atoms with Crippen LogP contribution in [0.1, 0.15) is 35.6 Å². The van der Waals surface area contributed by atoms with Crippen LogP contribution in [-0.4, -0.2) is 4.98 Å². The molecule has 1 fully saturated rings. The normalized spacial score (nSPS) is 15.5. The molecule has 0 aliphatic heterocycles. The molecule has 3 rings (SSSR count). The lowest BCUT2D eigenvalue weighted by molar-refractivity contribution is 1.04. The van der Waals surface area contributed by atoms with Crippen LogP contribution in [0.4, 0.5) is 5.69 Å². The van der Waals surface area contributed by atoms with Gasteiger partial charge in [0.05, 0.1) is 5.52 Å². The smallest absolute Gasteiger partial charge is 0.0732 e. The molecule has 2 aromatic rings. The minimum Gasteiger partial charge on any atom is -0.398 e. The van der Waals surface area contributed by atoms with E-state index in [1.807, 2.05) is 0 Å². The fourth-order valence-corrected chi connectivity index (χ4v) is 2.69. The second-order valence-corrected chi connectivity index (χ2v) is 5.73. The Balaban J connectivity index is 2.35. The van der Waals surface area contributed by atoms with Crippen molar-refractivity contribution in [2.45, 2.75) is 32.6 Å². The monoisotopic (exact) mass is 290 g/mol. The van der Waals surface area contributed by atoms with Crippen molar-refractivity contribution in [2.24, 2.45) is 0 Å². The Hall–Kier alpha value is -1.09. The van der Waals surface area contributed by atoms with Crippen LogP contribution in [0.2, 0.25) is 0 Å². The second-order valence-electron chi connectivity index (χ2n) is 4.94. The summed E-state index contributed by atoms with van der Waals surface area (Å²) in [6.45, 7) is 4.19. The van der Waals surface area contributed by atoms with Gasteiger partial charge in [-0.1, -0.05) is 15.9 Å². The Morgan fingerprint density at radius 3 is 2.65 bits per heavy atom. The molecule has 1 aliphatic carbocycles. The van der Waals surface area contributed by atoms with Crippen molar-refractivity contribution in [3.05, 3.63) is 33.4 Å². The van der Waals surface area contributed by atoms with Crippen LogP contribution in [0.3, 0.4) is 0 Å². The summed E-state index contributed by atoms with van der Waals surface area (Å²) in [4.78, 5) is 4.76. The van der Waals surface area contributed by atoms with Crippen LogP contribution >= 0.6 is 15.9 Å². The van der Waals surface area contributed by atoms with Crippen molar-refractivity contribution in [2.75, 3.05) is 5.73 Å². The molecule has 1 aliphatic rings. The zero-order chi connectivity index (χ0) is 12.2. The molecule has 0 saturated heterocycles. The number of pyridine rings is 1. The average molecular weight is 291 g/mol. The summed E-state index contributed by atoms with van der Waals surface area (Å²) in [7, 11) is 0. The highest BCUT2D eigenvalue weighted by atomic mass is 79.9. The van der Waals surface area contributed by atoms with Gasteiger partial charge in [0.15, 0.2) is 0 Å². The Morgan fingerprint density at radius 1 is 1.29 bits per heavy atom. The average Bonchev–Trinajstić information content (AvgIpc) is 3.08. The van der Waals surface area contributed by atoms with E-state index in [4.69, 9.17) is 10.7 Å². The largest absolute Gasteiger partial charge is 0.398 e. The van der Waals surface area contributed by atoms with Gasteiger partial charge in [-0.15, -0.1) is 0 Å². The van der Waals surface area contributed by atoms with E-state index in [1.54, 1.807) is 0 Å². The van der Waals surface area contributed by atoms with Crippen LogP contribution < -0.4 is 5.73 Å². The number of fused-ring (bicyclic) bond motifs is 1. The van der Waals surface area contributed by atoms with Gasteiger partial charge in [0.2, 0.25) is 0 Å². The molecule has 2 N–H and O–H groups in total. The summed E-state index contributed by atoms with van der Waals surface area (Å²) in [5.74, 6) is 0.644. The van der Waals surface area contributed by atoms with Gasteiger partial charge >= 0.3 is 0 Å². The molecule has 17 heavy (non-hydrogen) atoms. The number of nitrogens with two attached hydrogens (primary N) is 1. The van der Waals surface area contributed by atoms with Gasteiger partial charge in [0, 0.05) is 27.2 Å². The first-order valence-corrected chi connectivity index (χ1v) is 6.73. The van der Waals surface area contributed by atoms with Crippen LogP contribution in [0.5, 0.6) is 0 Å². The SMILES string of the molecule is Cc1cc2nc(C3CC3)cc(N)c2c(C)c1Br. The predicted molar refractivity (Wildman–Crippen MR) is 75.3 cm³/mol. The van der Waals surface area contributed by atoms with Crippen molar-refractivity contribution in [3.63, 3.8) is 0 Å². The number of rotatable bonds is 1. The lowest BCUT2D eigenvalue weighted by Crippen LogP contribution is -1.97. The highest BCUT2D eigenvalue weighted by Gasteiger charge is 2.26. The minimum atomic E-state index is 0.644. The maximum Gasteiger partial charge on any atom is 0.0732 e. The zero-order valence-electron chi connectivity index (χ0n) is 10.0. The molecule has 1 saturated carbocycles. The van der Waals surface area contributed by atoms with Crippen molar-refractivity contribution in [1.82, 2.24) is 4.98 Å². The third-order valence-electron chi connectivity index (χ3n) is 3.50. The van der Waals surface area contributed by atoms with Crippen LogP contribution in [0.25, 0.3) is 10.9 Å². The Labute approximate surface area is 109 Å². The van der Waals surface area contributed by atoms with Gasteiger partial charge in [-0.25, -0.2) is 0 Å². The van der Waals surface area contributed by atoms with Crippen molar-refractivity contribution in [1.29, 1.82) is 0 Å². The van der Waals surface area contributed by atoms with Crippen LogP contribution in [0, 0.1) is 13.8 Å². The molecule has 0 atom stereocenters. The second kappa shape index (κ2) is 3.70. The maximum absolute atomic E-state index is 6.18. The molecule has 1 heterocycles. The summed E-state index contributed by atoms with van der Waals surface area (Å²) in [5.41, 5.74) is 11.6. The summed E-state index contributed by atoms with van der Waals surface area (Å²) in [5, 5.41) is 1.09. The summed E-state index contributed by atoms with van der Waals surface area (Å²) in [6, 6.07) is 4.17. The zero-order valence-corrected chi connectivity index (χ0v) is 11.6. The highest BCUT2D eigenvalue weighted by Crippen LogP contribution is 2.41. The highest BCUT2D eigenvalue weighted by molar-refractivity contribution is 9.10. The predicted octanol–water partition coefficient (Wildman–Crippen LogP) is 4.07. The number of hydrogen-bond donors (Lipinski definition) is 1. The maximum atomic E-state index is 6.18. The third kappa shape index (κ3) is 1.73. The summed E-state index contributed by atoms with van der Waals surface area (Å²) in [6.07, 6.45) is 2.51. The number of aryl methyl sites for hydroxylation is 2. The van der Waals surface area contributed by atoms with E-state index in [9.17, 15) is 0 Å². The molecule has 3 heteroatoms.